The van der Waals surface area contributed by atoms with Crippen molar-refractivity contribution >= 4 is 12.0 Å². The average molecular weight is 302 g/mol. The lowest BCUT2D eigenvalue weighted by Crippen LogP contribution is -2.47. The third kappa shape index (κ3) is 8.55. The van der Waals surface area contributed by atoms with Crippen molar-refractivity contribution in [2.24, 2.45) is 11.3 Å². The maximum absolute atomic E-state index is 12.1. The Morgan fingerprint density at radius 3 is 2.24 bits per heavy atom. The smallest absolute Gasteiger partial charge is 0.317 e. The molecule has 124 valence electrons. The van der Waals surface area contributed by atoms with E-state index in [1.54, 1.807) is 12.0 Å². The molecule has 2 N–H and O–H groups in total. The summed E-state index contributed by atoms with van der Waals surface area (Å²) >= 11 is 0. The lowest BCUT2D eigenvalue weighted by molar-refractivity contribution is -0.142. The second kappa shape index (κ2) is 8.87. The molecule has 0 aromatic rings. The van der Waals surface area contributed by atoms with Gasteiger partial charge in [0.2, 0.25) is 0 Å². The van der Waals surface area contributed by atoms with E-state index in [1.807, 2.05) is 34.6 Å². The minimum absolute atomic E-state index is 0.0334. The van der Waals surface area contributed by atoms with E-state index in [0.717, 1.165) is 0 Å². The molecular weight excluding hydrogens is 272 g/mol. The van der Waals surface area contributed by atoms with Crippen LogP contribution in [0.25, 0.3) is 0 Å². The first-order valence-electron chi connectivity index (χ1n) is 7.34. The van der Waals surface area contributed by atoms with Crippen molar-refractivity contribution in [1.82, 2.24) is 10.2 Å². The first-order valence-corrected chi connectivity index (χ1v) is 7.34. The van der Waals surface area contributed by atoms with E-state index in [-0.39, 0.29) is 24.0 Å². The maximum Gasteiger partial charge on any atom is 0.317 e. The van der Waals surface area contributed by atoms with Crippen LogP contribution < -0.4 is 5.32 Å². The number of urea groups is 1. The summed E-state index contributed by atoms with van der Waals surface area (Å²) in [4.78, 5) is 25.1. The molecule has 0 saturated carbocycles. The molecule has 0 bridgehead atoms. The fraction of sp³-hybridized carbons (Fsp3) is 0.867. The van der Waals surface area contributed by atoms with Gasteiger partial charge in [-0.15, -0.1) is 0 Å². The lowest BCUT2D eigenvalue weighted by Gasteiger charge is -2.28. The predicted molar refractivity (Wildman–Crippen MR) is 82.3 cm³/mol. The number of aliphatic carboxylic acids is 1. The molecule has 0 radical (unpaired) electrons. The molecule has 0 aliphatic heterocycles. The minimum atomic E-state index is -0.877. The highest BCUT2D eigenvalue weighted by molar-refractivity contribution is 5.76. The summed E-state index contributed by atoms with van der Waals surface area (Å²) in [6, 6.07) is -0.215. The molecule has 0 saturated heterocycles. The van der Waals surface area contributed by atoms with Crippen LogP contribution in [0.1, 0.15) is 41.0 Å². The maximum atomic E-state index is 12.1. The number of ether oxygens (including phenoxy) is 1. The van der Waals surface area contributed by atoms with Crippen LogP contribution in [0.2, 0.25) is 0 Å². The summed E-state index contributed by atoms with van der Waals surface area (Å²) in [5.74, 6) is -1.45. The number of nitrogens with zero attached hydrogens (tertiary/aromatic N) is 1. The van der Waals surface area contributed by atoms with E-state index in [4.69, 9.17) is 4.74 Å². The summed E-state index contributed by atoms with van der Waals surface area (Å²) in [5.41, 5.74) is -0.0957. The molecule has 0 fully saturated rings. The number of carboxylic acid groups (broad SMARTS) is 1. The zero-order valence-electron chi connectivity index (χ0n) is 14.1. The zero-order valence-corrected chi connectivity index (χ0v) is 14.1. The molecule has 1 atom stereocenters. The highest BCUT2D eigenvalue weighted by Gasteiger charge is 2.26. The molecule has 6 heteroatoms. The number of amides is 2. The van der Waals surface area contributed by atoms with Crippen LogP contribution in [-0.4, -0.2) is 54.9 Å². The second-order valence-corrected chi connectivity index (χ2v) is 6.77. The van der Waals surface area contributed by atoms with Gasteiger partial charge in [0.1, 0.15) is 0 Å². The van der Waals surface area contributed by atoms with Crippen molar-refractivity contribution in [2.75, 3.05) is 26.8 Å². The van der Waals surface area contributed by atoms with Gasteiger partial charge in [-0.1, -0.05) is 20.8 Å². The summed E-state index contributed by atoms with van der Waals surface area (Å²) in [6.45, 7) is 10.9. The van der Waals surface area contributed by atoms with Gasteiger partial charge in [0.05, 0.1) is 12.5 Å². The monoisotopic (exact) mass is 302 g/mol. The third-order valence-corrected chi connectivity index (χ3v) is 3.13. The minimum Gasteiger partial charge on any atom is -0.481 e. The number of carboxylic acids is 1. The molecule has 0 aromatic carbocycles. The van der Waals surface area contributed by atoms with E-state index < -0.39 is 11.9 Å². The van der Waals surface area contributed by atoms with Crippen LogP contribution >= 0.6 is 0 Å². The van der Waals surface area contributed by atoms with Crippen molar-refractivity contribution < 1.29 is 19.4 Å². The van der Waals surface area contributed by atoms with Gasteiger partial charge in [0, 0.05) is 26.2 Å². The summed E-state index contributed by atoms with van der Waals surface area (Å²) in [7, 11) is 1.58. The normalized spacial score (nSPS) is 13.1. The van der Waals surface area contributed by atoms with Crippen LogP contribution in [0.3, 0.4) is 0 Å². The Labute approximate surface area is 127 Å². The number of carbonyl (C=O) groups excluding carboxylic acids is 1. The van der Waals surface area contributed by atoms with Crippen molar-refractivity contribution in [3.63, 3.8) is 0 Å². The van der Waals surface area contributed by atoms with Gasteiger partial charge in [-0.25, -0.2) is 4.79 Å². The summed E-state index contributed by atoms with van der Waals surface area (Å²) < 4.78 is 4.99. The Balaban J connectivity index is 4.55. The molecule has 1 unspecified atom stereocenters. The molecule has 6 nitrogen and oxygen atoms in total. The van der Waals surface area contributed by atoms with Crippen LogP contribution in [0.4, 0.5) is 4.79 Å². The Morgan fingerprint density at radius 2 is 1.86 bits per heavy atom. The van der Waals surface area contributed by atoms with Crippen molar-refractivity contribution in [3.8, 4) is 0 Å². The molecule has 2 amide bonds. The highest BCUT2D eigenvalue weighted by atomic mass is 16.5. The molecule has 0 spiro atoms. The van der Waals surface area contributed by atoms with Gasteiger partial charge >= 0.3 is 12.0 Å². The van der Waals surface area contributed by atoms with E-state index in [1.165, 1.54) is 0 Å². The van der Waals surface area contributed by atoms with E-state index in [0.29, 0.717) is 19.6 Å². The number of hydrogen-bond donors (Lipinski definition) is 2. The summed E-state index contributed by atoms with van der Waals surface area (Å²) in [5, 5.41) is 12.0. The first-order chi connectivity index (χ1) is 9.58. The van der Waals surface area contributed by atoms with Crippen molar-refractivity contribution in [1.29, 1.82) is 0 Å². The number of nitrogens with one attached hydrogen (secondary N) is 1. The molecule has 0 aliphatic rings. The molecule has 0 rings (SSSR count). The van der Waals surface area contributed by atoms with Gasteiger partial charge in [-0.05, 0) is 25.7 Å². The van der Waals surface area contributed by atoms with Gasteiger partial charge in [0.25, 0.3) is 0 Å². The van der Waals surface area contributed by atoms with E-state index in [2.05, 4.69) is 5.32 Å². The van der Waals surface area contributed by atoms with Gasteiger partial charge in [-0.3, -0.25) is 4.79 Å². The molecule has 21 heavy (non-hydrogen) atoms. The highest BCUT2D eigenvalue weighted by Crippen LogP contribution is 2.24. The standard InChI is InChI=1S/C15H30N2O4/c1-11(2)17(7-8-21-6)14(20)16-10-12(13(18)19)9-15(3,4)5/h11-12H,7-10H2,1-6H3,(H,16,20)(H,18,19). The number of carbonyl (C=O) groups is 2. The van der Waals surface area contributed by atoms with Crippen LogP contribution in [0.15, 0.2) is 0 Å². The zero-order chi connectivity index (χ0) is 16.6. The topological polar surface area (TPSA) is 78.9 Å². The molecule has 0 aliphatic carbocycles. The van der Waals surface area contributed by atoms with Crippen molar-refractivity contribution in [3.05, 3.63) is 0 Å². The van der Waals surface area contributed by atoms with Gasteiger partial charge < -0.3 is 20.1 Å². The summed E-state index contributed by atoms with van der Waals surface area (Å²) in [6.07, 6.45) is 0.516. The fourth-order valence-electron chi connectivity index (χ4n) is 2.08. The quantitative estimate of drug-likeness (QED) is 0.720. The van der Waals surface area contributed by atoms with Gasteiger partial charge in [-0.2, -0.15) is 0 Å². The second-order valence-electron chi connectivity index (χ2n) is 6.77. The van der Waals surface area contributed by atoms with Crippen LogP contribution in [0, 0.1) is 11.3 Å². The molecule has 0 aromatic heterocycles. The number of methoxy groups -OCH3 is 1. The van der Waals surface area contributed by atoms with Crippen molar-refractivity contribution in [2.45, 2.75) is 47.1 Å². The Morgan fingerprint density at radius 1 is 1.29 bits per heavy atom. The van der Waals surface area contributed by atoms with E-state index in [9.17, 15) is 14.7 Å². The SMILES string of the molecule is COCCN(C(=O)NCC(CC(C)(C)C)C(=O)O)C(C)C. The van der Waals surface area contributed by atoms with Crippen LogP contribution in [0.5, 0.6) is 0 Å². The Kier molecular flexibility index (Phi) is 8.32. The third-order valence-electron chi connectivity index (χ3n) is 3.13. The Hall–Kier alpha value is -1.30. The first kappa shape index (κ1) is 19.7. The molecule has 0 heterocycles. The average Bonchev–Trinajstić information content (AvgIpc) is 2.32. The van der Waals surface area contributed by atoms with Gasteiger partial charge in [0.15, 0.2) is 0 Å². The van der Waals surface area contributed by atoms with E-state index >= 15 is 0 Å². The number of hydrogen-bond acceptors (Lipinski definition) is 3. The molecular formula is C15H30N2O4. The fourth-order valence-corrected chi connectivity index (χ4v) is 2.08. The predicted octanol–water partition coefficient (Wildman–Crippen LogP) is 2.19. The lowest BCUT2D eigenvalue weighted by atomic mass is 9.84. The number of rotatable bonds is 8. The Bertz CT molecular complexity index is 337. The van der Waals surface area contributed by atoms with Crippen LogP contribution in [-0.2, 0) is 9.53 Å². The largest absolute Gasteiger partial charge is 0.481 e.